The van der Waals surface area contributed by atoms with Crippen molar-refractivity contribution < 1.29 is 4.74 Å². The molecule has 3 atom stereocenters. The van der Waals surface area contributed by atoms with Gasteiger partial charge in [0.2, 0.25) is 0 Å². The number of aromatic nitrogens is 4. The summed E-state index contributed by atoms with van der Waals surface area (Å²) in [4.78, 5) is 12.1. The molecule has 33 heavy (non-hydrogen) atoms. The van der Waals surface area contributed by atoms with Crippen molar-refractivity contribution in [2.45, 2.75) is 63.6 Å². The average molecular weight is 447 g/mol. The summed E-state index contributed by atoms with van der Waals surface area (Å²) < 4.78 is 5.42. The summed E-state index contributed by atoms with van der Waals surface area (Å²) in [6, 6.07) is 9.64. The van der Waals surface area contributed by atoms with Crippen molar-refractivity contribution >= 4 is 28.4 Å². The van der Waals surface area contributed by atoms with Gasteiger partial charge in [0.05, 0.1) is 24.9 Å². The summed E-state index contributed by atoms with van der Waals surface area (Å²) in [5.41, 5.74) is 1.83. The Bertz CT molecular complexity index is 1150. The highest BCUT2D eigenvalue weighted by Crippen LogP contribution is 2.38. The minimum Gasteiger partial charge on any atom is -0.495 e. The summed E-state index contributed by atoms with van der Waals surface area (Å²) in [7, 11) is 1.65. The fourth-order valence-corrected chi connectivity index (χ4v) is 5.29. The molecule has 0 saturated carbocycles. The summed E-state index contributed by atoms with van der Waals surface area (Å²) >= 11 is 0. The predicted molar refractivity (Wildman–Crippen MR) is 128 cm³/mol. The van der Waals surface area contributed by atoms with E-state index < -0.39 is 0 Å². The first-order valence-corrected chi connectivity index (χ1v) is 11.7. The van der Waals surface area contributed by atoms with Gasteiger partial charge in [-0.05, 0) is 51.6 Å². The zero-order chi connectivity index (χ0) is 22.8. The molecule has 0 radical (unpaired) electrons. The van der Waals surface area contributed by atoms with Gasteiger partial charge in [-0.2, -0.15) is 10.4 Å². The number of nitriles is 1. The van der Waals surface area contributed by atoms with E-state index in [1.54, 1.807) is 13.3 Å². The second-order valence-corrected chi connectivity index (χ2v) is 9.06. The first-order valence-electron chi connectivity index (χ1n) is 11.7. The minimum absolute atomic E-state index is 0.347. The van der Waals surface area contributed by atoms with Gasteiger partial charge < -0.3 is 15.4 Å². The van der Waals surface area contributed by atoms with Gasteiger partial charge >= 0.3 is 0 Å². The first-order chi connectivity index (χ1) is 16.1. The first kappa shape index (κ1) is 21.5. The van der Waals surface area contributed by atoms with Crippen LogP contribution < -0.4 is 15.4 Å². The van der Waals surface area contributed by atoms with Crippen LogP contribution in [-0.4, -0.2) is 56.8 Å². The molecule has 9 heteroatoms. The lowest BCUT2D eigenvalue weighted by Gasteiger charge is -2.39. The van der Waals surface area contributed by atoms with Crippen LogP contribution in [0.15, 0.2) is 24.4 Å². The van der Waals surface area contributed by atoms with Crippen molar-refractivity contribution in [2.24, 2.45) is 0 Å². The minimum atomic E-state index is 0.347. The molecular formula is C24H30N8O. The quantitative estimate of drug-likeness (QED) is 0.443. The second kappa shape index (κ2) is 9.24. The van der Waals surface area contributed by atoms with E-state index in [9.17, 15) is 0 Å². The van der Waals surface area contributed by atoms with Crippen molar-refractivity contribution in [3.05, 3.63) is 30.1 Å². The molecule has 172 valence electrons. The molecule has 0 amide bonds. The molecule has 0 aromatic carbocycles. The van der Waals surface area contributed by atoms with Gasteiger partial charge in [-0.1, -0.05) is 0 Å². The summed E-state index contributed by atoms with van der Waals surface area (Å²) in [5, 5.41) is 24.1. The van der Waals surface area contributed by atoms with Gasteiger partial charge in [0, 0.05) is 47.8 Å². The number of methoxy groups -OCH3 is 1. The van der Waals surface area contributed by atoms with Gasteiger partial charge in [-0.3, -0.25) is 15.0 Å². The van der Waals surface area contributed by atoms with Crippen molar-refractivity contribution in [3.63, 3.8) is 0 Å². The molecule has 0 aliphatic carbocycles. The van der Waals surface area contributed by atoms with Gasteiger partial charge in [0.25, 0.3) is 0 Å². The van der Waals surface area contributed by atoms with E-state index in [1.165, 1.54) is 12.8 Å². The SMILES string of the molecule is COc1cnc2cc(Nc3cc(C)[nH]n3)nc(NC3C[C@H]4CC[C@@H](C3)N4CCCC#N)c2c1. The Labute approximate surface area is 193 Å². The average Bonchev–Trinajstić information content (AvgIpc) is 3.32. The van der Waals surface area contributed by atoms with Crippen LogP contribution in [-0.2, 0) is 0 Å². The molecule has 9 nitrogen and oxygen atoms in total. The fraction of sp³-hybridized carbons (Fsp3) is 0.500. The topological polar surface area (TPSA) is 115 Å². The van der Waals surface area contributed by atoms with Crippen molar-refractivity contribution in [1.82, 2.24) is 25.1 Å². The standard InChI is InChI=1S/C24H30N8O/c1-15-9-23(31-30-15)28-22-13-21-20(12-19(33-2)14-26-21)24(29-22)27-16-10-17-5-6-18(11-16)32(17)8-4-3-7-25/h9,12-14,16-18H,3-6,8,10-11H2,1-2H3,(H3,27,28,29,30,31)/t16?,17-,18+. The Morgan fingerprint density at radius 3 is 2.73 bits per heavy atom. The Balaban J connectivity index is 1.39. The molecular weight excluding hydrogens is 416 g/mol. The fourth-order valence-electron chi connectivity index (χ4n) is 5.29. The van der Waals surface area contributed by atoms with E-state index in [1.807, 2.05) is 25.1 Å². The smallest absolute Gasteiger partial charge is 0.153 e. The molecule has 2 bridgehead atoms. The number of hydrogen-bond donors (Lipinski definition) is 3. The number of H-pyrrole nitrogens is 1. The predicted octanol–water partition coefficient (Wildman–Crippen LogP) is 4.12. The molecule has 2 aliphatic heterocycles. The number of unbranched alkanes of at least 4 members (excludes halogenated alkanes) is 1. The molecule has 3 N–H and O–H groups in total. The zero-order valence-corrected chi connectivity index (χ0v) is 19.1. The van der Waals surface area contributed by atoms with E-state index >= 15 is 0 Å². The van der Waals surface area contributed by atoms with Crippen LogP contribution in [0.2, 0.25) is 0 Å². The summed E-state index contributed by atoms with van der Waals surface area (Å²) in [6.07, 6.45) is 7.96. The van der Waals surface area contributed by atoms with Crippen LogP contribution in [0.1, 0.15) is 44.2 Å². The Morgan fingerprint density at radius 2 is 2.03 bits per heavy atom. The Morgan fingerprint density at radius 1 is 1.21 bits per heavy atom. The molecule has 1 unspecified atom stereocenters. The molecule has 2 fully saturated rings. The van der Waals surface area contributed by atoms with Crippen molar-refractivity contribution in [2.75, 3.05) is 24.3 Å². The normalized spacial score (nSPS) is 22.3. The molecule has 2 aliphatic rings. The zero-order valence-electron chi connectivity index (χ0n) is 19.1. The van der Waals surface area contributed by atoms with Gasteiger partial charge in [-0.25, -0.2) is 4.98 Å². The van der Waals surface area contributed by atoms with E-state index in [2.05, 4.69) is 36.8 Å². The lowest BCUT2D eigenvalue weighted by atomic mass is 9.96. The third kappa shape index (κ3) is 4.57. The number of aromatic amines is 1. The molecule has 3 aromatic heterocycles. The number of aryl methyl sites for hydroxylation is 1. The van der Waals surface area contributed by atoms with Crippen LogP contribution in [0.4, 0.5) is 17.5 Å². The van der Waals surface area contributed by atoms with Crippen LogP contribution in [0.5, 0.6) is 5.75 Å². The largest absolute Gasteiger partial charge is 0.495 e. The Kier molecular flexibility index (Phi) is 6.01. The van der Waals surface area contributed by atoms with Gasteiger partial charge in [-0.15, -0.1) is 0 Å². The molecule has 3 aromatic rings. The molecule has 5 heterocycles. The maximum absolute atomic E-state index is 8.88. The van der Waals surface area contributed by atoms with Crippen molar-refractivity contribution in [1.29, 1.82) is 5.26 Å². The van der Waals surface area contributed by atoms with Gasteiger partial charge in [0.1, 0.15) is 17.4 Å². The van der Waals surface area contributed by atoms with E-state index in [4.69, 9.17) is 15.0 Å². The highest BCUT2D eigenvalue weighted by molar-refractivity contribution is 5.92. The van der Waals surface area contributed by atoms with Crippen LogP contribution in [0, 0.1) is 18.3 Å². The number of nitrogens with one attached hydrogen (secondary N) is 3. The van der Waals surface area contributed by atoms with E-state index in [0.29, 0.717) is 36.1 Å². The number of piperidine rings is 1. The number of ether oxygens (including phenoxy) is 1. The number of hydrogen-bond acceptors (Lipinski definition) is 8. The molecule has 0 spiro atoms. The van der Waals surface area contributed by atoms with Gasteiger partial charge in [0.15, 0.2) is 5.82 Å². The number of rotatable bonds is 8. The van der Waals surface area contributed by atoms with Crippen molar-refractivity contribution in [3.8, 4) is 11.8 Å². The molecule has 5 rings (SSSR count). The highest BCUT2D eigenvalue weighted by Gasteiger charge is 2.40. The number of fused-ring (bicyclic) bond motifs is 3. The highest BCUT2D eigenvalue weighted by atomic mass is 16.5. The van der Waals surface area contributed by atoms with Crippen LogP contribution in [0.3, 0.4) is 0 Å². The summed E-state index contributed by atoms with van der Waals surface area (Å²) in [6.45, 7) is 2.99. The molecule has 2 saturated heterocycles. The second-order valence-electron chi connectivity index (χ2n) is 9.06. The number of pyridine rings is 2. The lowest BCUT2D eigenvalue weighted by molar-refractivity contribution is 0.131. The van der Waals surface area contributed by atoms with Crippen LogP contribution in [0.25, 0.3) is 10.9 Å². The van der Waals surface area contributed by atoms with Crippen LogP contribution >= 0.6 is 0 Å². The summed E-state index contributed by atoms with van der Waals surface area (Å²) in [5.74, 6) is 2.95. The number of anilines is 3. The third-order valence-corrected chi connectivity index (χ3v) is 6.78. The lowest BCUT2D eigenvalue weighted by Crippen LogP contribution is -2.47. The third-order valence-electron chi connectivity index (χ3n) is 6.78. The maximum atomic E-state index is 8.88. The maximum Gasteiger partial charge on any atom is 0.153 e. The number of nitrogens with zero attached hydrogens (tertiary/aromatic N) is 5. The monoisotopic (exact) mass is 446 g/mol. The van der Waals surface area contributed by atoms with E-state index in [0.717, 1.165) is 54.0 Å². The van der Waals surface area contributed by atoms with E-state index in [-0.39, 0.29) is 0 Å². The Hall–Kier alpha value is -3.38.